The monoisotopic (exact) mass is 855 g/mol. The molecule has 0 aliphatic carbocycles. The van der Waals surface area contributed by atoms with Gasteiger partial charge in [0.15, 0.2) is 6.10 Å². The number of aliphatic hydroxyl groups is 2. The van der Waals surface area contributed by atoms with Crippen molar-refractivity contribution in [2.75, 3.05) is 13.2 Å². The number of carbonyl (C=O) groups is 2. The summed E-state index contributed by atoms with van der Waals surface area (Å²) < 4.78 is 26.3. The molecular formula is C48H87O10P. The summed E-state index contributed by atoms with van der Waals surface area (Å²) in [6, 6.07) is 0. The fourth-order valence-electron chi connectivity index (χ4n) is 6.61. The summed E-state index contributed by atoms with van der Waals surface area (Å²) in [6.45, 7) is 5.72. The lowest BCUT2D eigenvalue weighted by Crippen LogP contribution is -2.29. The summed E-state index contributed by atoms with van der Waals surface area (Å²) in [5, 5.41) is 20.6. The van der Waals surface area contributed by atoms with E-state index in [0.717, 1.165) is 50.9 Å². The maximum absolute atomic E-state index is 12.5. The Labute approximate surface area is 360 Å². The number of allylic oxidation sites excluding steroid dienone is 7. The van der Waals surface area contributed by atoms with Gasteiger partial charge in [0.25, 0.3) is 0 Å². The molecular weight excluding hydrogens is 767 g/mol. The van der Waals surface area contributed by atoms with Gasteiger partial charge in [0, 0.05) is 12.8 Å². The second-order valence-corrected chi connectivity index (χ2v) is 17.5. The summed E-state index contributed by atoms with van der Waals surface area (Å²) in [7, 11) is -4.83. The van der Waals surface area contributed by atoms with Crippen LogP contribution in [0.25, 0.3) is 0 Å². The van der Waals surface area contributed by atoms with E-state index in [1.807, 2.05) is 18.2 Å². The van der Waals surface area contributed by atoms with Crippen molar-refractivity contribution in [1.29, 1.82) is 0 Å². The zero-order chi connectivity index (χ0) is 43.7. The number of carbonyl (C=O) groups excluding carboxylic acids is 2. The second kappa shape index (κ2) is 41.3. The molecule has 0 rings (SSSR count). The third-order valence-electron chi connectivity index (χ3n) is 10.6. The van der Waals surface area contributed by atoms with E-state index in [-0.39, 0.29) is 32.1 Å². The Morgan fingerprint density at radius 1 is 0.542 bits per heavy atom. The van der Waals surface area contributed by atoms with Crippen molar-refractivity contribution in [2.24, 2.45) is 5.92 Å². The van der Waals surface area contributed by atoms with Crippen molar-refractivity contribution in [3.8, 4) is 0 Å². The number of phosphoric acid groups is 1. The molecule has 11 heteroatoms. The van der Waals surface area contributed by atoms with Crippen molar-refractivity contribution in [3.05, 3.63) is 48.6 Å². The molecule has 0 aliphatic rings. The molecule has 0 amide bonds. The van der Waals surface area contributed by atoms with Gasteiger partial charge in [-0.3, -0.25) is 14.1 Å². The summed E-state index contributed by atoms with van der Waals surface area (Å²) >= 11 is 0. The van der Waals surface area contributed by atoms with E-state index in [2.05, 4.69) is 55.7 Å². The Morgan fingerprint density at radius 2 is 0.983 bits per heavy atom. The Hall–Kier alpha value is -2.07. The zero-order valence-electron chi connectivity index (χ0n) is 37.5. The van der Waals surface area contributed by atoms with Crippen molar-refractivity contribution >= 4 is 19.8 Å². The standard InChI is InChI=1S/C48H87O10P/c1-4-6-7-8-9-10-11-21-24-27-30-33-37-45(49)46(50)38-35-40-47(51)56-41-44(42-57-59(53,54)55)58-48(52)39-34-31-28-25-22-19-17-15-13-12-14-16-18-20-23-26-29-32-36-43(3)5-2/h6-7,9-10,21,24,30,33,43-46,49-50H,4-5,8,11-20,22-23,25-29,31-32,34-42H2,1-3H3,(H2,53,54,55)/b7-6-,10-9-,24-21-,33-30-/t43?,44-,45+,46+/m1/s1. The van der Waals surface area contributed by atoms with Gasteiger partial charge in [-0.25, -0.2) is 4.57 Å². The largest absolute Gasteiger partial charge is 0.469 e. The molecule has 0 fully saturated rings. The van der Waals surface area contributed by atoms with E-state index in [1.165, 1.54) is 103 Å². The van der Waals surface area contributed by atoms with E-state index in [4.69, 9.17) is 19.3 Å². The first-order valence-electron chi connectivity index (χ1n) is 23.5. The van der Waals surface area contributed by atoms with Gasteiger partial charge in [-0.2, -0.15) is 0 Å². The molecule has 1 unspecified atom stereocenters. The highest BCUT2D eigenvalue weighted by molar-refractivity contribution is 7.46. The molecule has 344 valence electrons. The lowest BCUT2D eigenvalue weighted by Gasteiger charge is -2.19. The number of hydrogen-bond acceptors (Lipinski definition) is 8. The number of ether oxygens (including phenoxy) is 2. The molecule has 0 saturated heterocycles. The summed E-state index contributed by atoms with van der Waals surface area (Å²) in [6.07, 6.45) is 42.9. The highest BCUT2D eigenvalue weighted by atomic mass is 31.2. The van der Waals surface area contributed by atoms with Gasteiger partial charge in [-0.1, -0.05) is 191 Å². The first-order chi connectivity index (χ1) is 28.5. The molecule has 0 heterocycles. The fourth-order valence-corrected chi connectivity index (χ4v) is 6.97. The van der Waals surface area contributed by atoms with E-state index in [9.17, 15) is 24.4 Å². The molecule has 0 spiro atoms. The van der Waals surface area contributed by atoms with Gasteiger partial charge in [-0.15, -0.1) is 0 Å². The number of unbranched alkanes of at least 4 members (excludes halogenated alkanes) is 17. The zero-order valence-corrected chi connectivity index (χ0v) is 38.4. The molecule has 0 aliphatic heterocycles. The Balaban J connectivity index is 4.04. The van der Waals surface area contributed by atoms with Crippen LogP contribution < -0.4 is 0 Å². The average molecular weight is 855 g/mol. The molecule has 4 atom stereocenters. The van der Waals surface area contributed by atoms with E-state index >= 15 is 0 Å². The minimum Gasteiger partial charge on any atom is -0.462 e. The van der Waals surface area contributed by atoms with Gasteiger partial charge in [0.1, 0.15) is 6.61 Å². The molecule has 0 aromatic carbocycles. The number of aliphatic hydroxyl groups excluding tert-OH is 2. The van der Waals surface area contributed by atoms with Crippen molar-refractivity contribution in [3.63, 3.8) is 0 Å². The van der Waals surface area contributed by atoms with Crippen LogP contribution in [0, 0.1) is 5.92 Å². The molecule has 0 radical (unpaired) electrons. The highest BCUT2D eigenvalue weighted by Gasteiger charge is 2.23. The predicted molar refractivity (Wildman–Crippen MR) is 242 cm³/mol. The lowest BCUT2D eigenvalue weighted by atomic mass is 9.99. The molecule has 4 N–H and O–H groups in total. The molecule has 59 heavy (non-hydrogen) atoms. The topological polar surface area (TPSA) is 160 Å². The lowest BCUT2D eigenvalue weighted by molar-refractivity contribution is -0.161. The van der Waals surface area contributed by atoms with E-state index in [1.54, 1.807) is 0 Å². The van der Waals surface area contributed by atoms with Gasteiger partial charge in [-0.05, 0) is 57.3 Å². The van der Waals surface area contributed by atoms with Gasteiger partial charge >= 0.3 is 19.8 Å². The number of hydrogen-bond donors (Lipinski definition) is 4. The summed E-state index contributed by atoms with van der Waals surface area (Å²) in [4.78, 5) is 43.0. The fraction of sp³-hybridized carbons (Fsp3) is 0.792. The summed E-state index contributed by atoms with van der Waals surface area (Å²) in [5.41, 5.74) is 0. The van der Waals surface area contributed by atoms with Crippen LogP contribution in [0.15, 0.2) is 48.6 Å². The van der Waals surface area contributed by atoms with Crippen LogP contribution in [0.2, 0.25) is 0 Å². The normalized spacial score (nSPS) is 14.5. The van der Waals surface area contributed by atoms with Crippen molar-refractivity contribution < 1.29 is 48.2 Å². The van der Waals surface area contributed by atoms with Crippen LogP contribution in [0.5, 0.6) is 0 Å². The molecule has 0 aromatic heterocycles. The average Bonchev–Trinajstić information content (AvgIpc) is 3.20. The maximum atomic E-state index is 12.5. The Kier molecular flexibility index (Phi) is 39.8. The third-order valence-corrected chi connectivity index (χ3v) is 11.1. The van der Waals surface area contributed by atoms with Crippen molar-refractivity contribution in [1.82, 2.24) is 0 Å². The quantitative estimate of drug-likeness (QED) is 0.0201. The molecule has 10 nitrogen and oxygen atoms in total. The van der Waals surface area contributed by atoms with Gasteiger partial charge < -0.3 is 29.5 Å². The van der Waals surface area contributed by atoms with E-state index in [0.29, 0.717) is 6.42 Å². The Morgan fingerprint density at radius 3 is 1.46 bits per heavy atom. The minimum atomic E-state index is -4.83. The van der Waals surface area contributed by atoms with E-state index < -0.39 is 51.3 Å². The SMILES string of the molecule is CC/C=C\C/C=C\C/C=C\C/C=C\C[C@H](O)[C@@H](O)CCCC(=O)OC[C@H](COP(=O)(O)O)OC(=O)CCCCCCCCCCCCCCCCCCCCC(C)CC. The van der Waals surface area contributed by atoms with Crippen molar-refractivity contribution in [2.45, 2.75) is 225 Å². The van der Waals surface area contributed by atoms with Crippen LogP contribution in [0.4, 0.5) is 0 Å². The van der Waals surface area contributed by atoms with Crippen LogP contribution in [0.1, 0.15) is 207 Å². The van der Waals surface area contributed by atoms with Crippen LogP contribution in [0.3, 0.4) is 0 Å². The first-order valence-corrected chi connectivity index (χ1v) is 25.0. The number of esters is 2. The van der Waals surface area contributed by atoms with Crippen LogP contribution >= 0.6 is 7.82 Å². The molecule has 0 saturated carbocycles. The Bertz CT molecular complexity index is 1150. The van der Waals surface area contributed by atoms with Gasteiger partial charge in [0.2, 0.25) is 0 Å². The first kappa shape index (κ1) is 56.9. The molecule has 0 bridgehead atoms. The second-order valence-electron chi connectivity index (χ2n) is 16.3. The molecule has 0 aromatic rings. The van der Waals surface area contributed by atoms with Gasteiger partial charge in [0.05, 0.1) is 18.8 Å². The number of rotatable bonds is 42. The summed E-state index contributed by atoms with van der Waals surface area (Å²) in [5.74, 6) is -0.278. The number of phosphoric ester groups is 1. The highest BCUT2D eigenvalue weighted by Crippen LogP contribution is 2.36. The van der Waals surface area contributed by atoms with Crippen LogP contribution in [-0.2, 0) is 28.2 Å². The third kappa shape index (κ3) is 42.4. The van der Waals surface area contributed by atoms with Crippen LogP contribution in [-0.4, -0.2) is 63.5 Å². The smallest absolute Gasteiger partial charge is 0.462 e. The maximum Gasteiger partial charge on any atom is 0.469 e. The minimum absolute atomic E-state index is 0.0488. The predicted octanol–water partition coefficient (Wildman–Crippen LogP) is 12.5.